The number of ether oxygens (including phenoxy) is 1. The minimum atomic E-state index is -1.13. The summed E-state index contributed by atoms with van der Waals surface area (Å²) in [6.07, 6.45) is 2.71. The van der Waals surface area contributed by atoms with Crippen molar-refractivity contribution in [2.24, 2.45) is 4.99 Å². The molecule has 1 aliphatic heterocycles. The van der Waals surface area contributed by atoms with Crippen molar-refractivity contribution in [2.45, 2.75) is 59.6 Å². The quantitative estimate of drug-likeness (QED) is 0.346. The zero-order valence-electron chi connectivity index (χ0n) is 22.5. The highest BCUT2D eigenvalue weighted by Gasteiger charge is 2.33. The van der Waals surface area contributed by atoms with Crippen molar-refractivity contribution in [3.05, 3.63) is 75.6 Å². The largest absolute Gasteiger partial charge is 0.476 e. The Balaban J connectivity index is 1.60. The van der Waals surface area contributed by atoms with E-state index in [0.717, 1.165) is 43.7 Å². The molecule has 4 heterocycles. The molecule has 0 unspecified atom stereocenters. The molecule has 0 amide bonds. The molecule has 5 rings (SSSR count). The van der Waals surface area contributed by atoms with E-state index in [9.17, 15) is 9.59 Å². The monoisotopic (exact) mass is 544 g/mol. The normalized spacial score (nSPS) is 14.7. The fraction of sp³-hybridized carbons (Fsp3) is 0.321. The Morgan fingerprint density at radius 1 is 1.03 bits per heavy atom. The second-order valence-corrected chi connectivity index (χ2v) is 11.6. The summed E-state index contributed by atoms with van der Waals surface area (Å²) in [4.78, 5) is 38.5. The molecule has 200 valence electrons. The van der Waals surface area contributed by atoms with Gasteiger partial charge in [-0.15, -0.1) is 21.5 Å². The highest BCUT2D eigenvalue weighted by atomic mass is 32.1. The van der Waals surface area contributed by atoms with Gasteiger partial charge in [0.05, 0.1) is 30.2 Å². The van der Waals surface area contributed by atoms with Crippen LogP contribution in [0.4, 0.5) is 0 Å². The van der Waals surface area contributed by atoms with Crippen LogP contribution in [0.25, 0.3) is 16.3 Å². The van der Waals surface area contributed by atoms with E-state index in [1.807, 2.05) is 56.5 Å². The van der Waals surface area contributed by atoms with Crippen LogP contribution in [0.5, 0.6) is 0 Å². The third-order valence-electron chi connectivity index (χ3n) is 6.34. The summed E-state index contributed by atoms with van der Waals surface area (Å²) >= 11 is 1.64. The van der Waals surface area contributed by atoms with Gasteiger partial charge in [0.25, 0.3) is 0 Å². The number of hydrogen-bond donors (Lipinski definition) is 1. The number of carboxylic acids is 1. The maximum Gasteiger partial charge on any atom is 0.356 e. The second-order valence-electron chi connectivity index (χ2n) is 10.4. The lowest BCUT2D eigenvalue weighted by Gasteiger charge is -2.21. The summed E-state index contributed by atoms with van der Waals surface area (Å²) in [6, 6.07) is 7.09. The number of nitrogens with zero attached hydrogens (tertiary/aromatic N) is 6. The molecule has 11 heteroatoms. The SMILES string of the molecule is Cc1sc2c(c1C)C(c1ccc(-c3cnc(C(=O)O)cn3)cc1)=N[C@@H](CC(=O)OC(C)(C)C)c1nnc(C)n1-2. The number of esters is 1. The average molecular weight is 545 g/mol. The van der Waals surface area contributed by atoms with Gasteiger partial charge in [-0.2, -0.15) is 0 Å². The lowest BCUT2D eigenvalue weighted by Crippen LogP contribution is -2.25. The summed E-state index contributed by atoms with van der Waals surface area (Å²) in [6.45, 7) is 11.6. The Labute approximate surface area is 229 Å². The van der Waals surface area contributed by atoms with E-state index in [-0.39, 0.29) is 18.1 Å². The number of aryl methyl sites for hydroxylation is 2. The number of rotatable bonds is 5. The standard InChI is InChI=1S/C28H28N6O4S/c1-14-15(2)39-26-23(14)24(18-9-7-17(8-10-18)20-12-30-21(13-29-20)27(36)37)31-19(11-22(35)38-28(4,5)6)25-33-32-16(3)34(25)26/h7-10,12-13,19H,11H2,1-6H3,(H,36,37)/t19-/m0/s1. The fourth-order valence-corrected chi connectivity index (χ4v) is 5.67. The van der Waals surface area contributed by atoms with E-state index in [2.05, 4.69) is 34.0 Å². The molecule has 1 atom stereocenters. The molecule has 1 aromatic carbocycles. The number of carbonyl (C=O) groups excluding carboxylic acids is 1. The zero-order valence-corrected chi connectivity index (χ0v) is 23.3. The molecule has 4 aromatic rings. The van der Waals surface area contributed by atoms with E-state index < -0.39 is 17.6 Å². The van der Waals surface area contributed by atoms with Gasteiger partial charge >= 0.3 is 11.9 Å². The molecule has 0 spiro atoms. The molecule has 0 saturated heterocycles. The van der Waals surface area contributed by atoms with Crippen LogP contribution in [0.2, 0.25) is 0 Å². The molecule has 1 N–H and O–H groups in total. The maximum absolute atomic E-state index is 12.9. The van der Waals surface area contributed by atoms with Gasteiger partial charge in [-0.3, -0.25) is 19.3 Å². The molecule has 1 aliphatic rings. The van der Waals surface area contributed by atoms with Gasteiger partial charge in [-0.05, 0) is 47.1 Å². The highest BCUT2D eigenvalue weighted by Crippen LogP contribution is 2.39. The number of aromatic nitrogens is 5. The van der Waals surface area contributed by atoms with Gasteiger partial charge in [-0.1, -0.05) is 24.3 Å². The van der Waals surface area contributed by atoms with E-state index in [1.165, 1.54) is 12.4 Å². The fourth-order valence-electron chi connectivity index (χ4n) is 4.45. The molecule has 10 nitrogen and oxygen atoms in total. The van der Waals surface area contributed by atoms with Gasteiger partial charge < -0.3 is 9.84 Å². The predicted octanol–water partition coefficient (Wildman–Crippen LogP) is 5.03. The molecule has 0 aliphatic carbocycles. The number of fused-ring (bicyclic) bond motifs is 3. The molecule has 0 saturated carbocycles. The van der Waals surface area contributed by atoms with Crippen molar-refractivity contribution in [3.8, 4) is 16.3 Å². The summed E-state index contributed by atoms with van der Waals surface area (Å²) < 4.78 is 7.62. The lowest BCUT2D eigenvalue weighted by molar-refractivity contribution is -0.155. The minimum Gasteiger partial charge on any atom is -0.476 e. The number of aromatic carboxylic acids is 1. The number of thiophene rings is 1. The summed E-state index contributed by atoms with van der Waals surface area (Å²) in [5, 5.41) is 18.8. The molecular formula is C28H28N6O4S. The highest BCUT2D eigenvalue weighted by molar-refractivity contribution is 7.15. The number of carbonyl (C=O) groups is 2. The Morgan fingerprint density at radius 2 is 1.72 bits per heavy atom. The van der Waals surface area contributed by atoms with Gasteiger partial charge in [0.1, 0.15) is 22.5 Å². The summed E-state index contributed by atoms with van der Waals surface area (Å²) in [5.41, 5.74) is 4.31. The van der Waals surface area contributed by atoms with Crippen molar-refractivity contribution < 1.29 is 19.4 Å². The Kier molecular flexibility index (Phi) is 6.63. The smallest absolute Gasteiger partial charge is 0.356 e. The van der Waals surface area contributed by atoms with Crippen LogP contribution in [-0.4, -0.2) is 53.1 Å². The maximum atomic E-state index is 12.9. The van der Waals surface area contributed by atoms with Crippen molar-refractivity contribution in [1.82, 2.24) is 24.7 Å². The molecule has 39 heavy (non-hydrogen) atoms. The lowest BCUT2D eigenvalue weighted by atomic mass is 9.98. The first kappa shape index (κ1) is 26.4. The van der Waals surface area contributed by atoms with Crippen LogP contribution in [0.1, 0.15) is 76.9 Å². The van der Waals surface area contributed by atoms with Crippen molar-refractivity contribution >= 4 is 29.0 Å². The second kappa shape index (κ2) is 9.81. The van der Waals surface area contributed by atoms with Gasteiger partial charge in [0.2, 0.25) is 0 Å². The predicted molar refractivity (Wildman–Crippen MR) is 147 cm³/mol. The molecule has 3 aromatic heterocycles. The van der Waals surface area contributed by atoms with Gasteiger partial charge in [0.15, 0.2) is 11.5 Å². The van der Waals surface area contributed by atoms with Crippen LogP contribution in [0, 0.1) is 20.8 Å². The number of aliphatic imine (C=N–C) groups is 1. The van der Waals surface area contributed by atoms with Crippen LogP contribution >= 0.6 is 11.3 Å². The minimum absolute atomic E-state index is 0.0233. The van der Waals surface area contributed by atoms with Gasteiger partial charge in [-0.25, -0.2) is 9.78 Å². The van der Waals surface area contributed by atoms with E-state index in [0.29, 0.717) is 11.5 Å². The first-order chi connectivity index (χ1) is 18.4. The number of hydrogen-bond acceptors (Lipinski definition) is 9. The van der Waals surface area contributed by atoms with Crippen LogP contribution in [0.15, 0.2) is 41.7 Å². The summed E-state index contributed by atoms with van der Waals surface area (Å²) in [7, 11) is 0. The Hall–Kier alpha value is -4.25. The zero-order chi connectivity index (χ0) is 28.1. The molecule has 0 radical (unpaired) electrons. The number of benzene rings is 1. The van der Waals surface area contributed by atoms with Crippen molar-refractivity contribution in [1.29, 1.82) is 0 Å². The van der Waals surface area contributed by atoms with Gasteiger partial charge in [0, 0.05) is 21.6 Å². The van der Waals surface area contributed by atoms with Crippen LogP contribution in [-0.2, 0) is 9.53 Å². The average Bonchev–Trinajstić information content (AvgIpc) is 3.35. The summed E-state index contributed by atoms with van der Waals surface area (Å²) in [5.74, 6) is -0.169. The van der Waals surface area contributed by atoms with Crippen molar-refractivity contribution in [2.75, 3.05) is 0 Å². The first-order valence-corrected chi connectivity index (χ1v) is 13.2. The van der Waals surface area contributed by atoms with Crippen LogP contribution < -0.4 is 0 Å². The Morgan fingerprint density at radius 3 is 2.33 bits per heavy atom. The van der Waals surface area contributed by atoms with E-state index >= 15 is 0 Å². The number of carboxylic acid groups (broad SMARTS) is 1. The first-order valence-electron chi connectivity index (χ1n) is 12.4. The van der Waals surface area contributed by atoms with E-state index in [4.69, 9.17) is 14.8 Å². The van der Waals surface area contributed by atoms with Crippen LogP contribution in [0.3, 0.4) is 0 Å². The van der Waals surface area contributed by atoms with Crippen molar-refractivity contribution in [3.63, 3.8) is 0 Å². The molecule has 0 bridgehead atoms. The third kappa shape index (κ3) is 5.09. The molecular weight excluding hydrogens is 516 g/mol. The van der Waals surface area contributed by atoms with E-state index in [1.54, 1.807) is 11.3 Å². The molecule has 0 fully saturated rings. The third-order valence-corrected chi connectivity index (χ3v) is 7.54. The topological polar surface area (TPSA) is 132 Å². The Bertz CT molecular complexity index is 1610.